The molecular weight excluding hydrogens is 350 g/mol. The van der Waals surface area contributed by atoms with E-state index >= 15 is 0 Å². The second-order valence-electron chi connectivity index (χ2n) is 8.75. The number of nitrogens with zero attached hydrogens (tertiary/aromatic N) is 2. The maximum absolute atomic E-state index is 12.6. The van der Waals surface area contributed by atoms with Crippen molar-refractivity contribution in [2.75, 3.05) is 32.8 Å². The molecule has 0 radical (unpaired) electrons. The fourth-order valence-electron chi connectivity index (χ4n) is 4.14. The first kappa shape index (κ1) is 19.9. The molecule has 3 saturated heterocycles. The van der Waals surface area contributed by atoms with Crippen molar-refractivity contribution in [3.8, 4) is 0 Å². The minimum absolute atomic E-state index is 0.233. The summed E-state index contributed by atoms with van der Waals surface area (Å²) >= 11 is 0. The van der Waals surface area contributed by atoms with Crippen LogP contribution in [0.3, 0.4) is 0 Å². The average molecular weight is 381 g/mol. The molecule has 8 nitrogen and oxygen atoms in total. The topological polar surface area (TPSA) is 88.2 Å². The summed E-state index contributed by atoms with van der Waals surface area (Å²) in [5.41, 5.74) is -1.39. The minimum Gasteiger partial charge on any atom is -0.444 e. The summed E-state index contributed by atoms with van der Waals surface area (Å²) in [6, 6.07) is -0.308. The summed E-state index contributed by atoms with van der Waals surface area (Å²) in [5.74, 6) is 0.296. The summed E-state index contributed by atoms with van der Waals surface area (Å²) in [5, 5.41) is 2.49. The van der Waals surface area contributed by atoms with Gasteiger partial charge < -0.3 is 19.3 Å². The highest BCUT2D eigenvalue weighted by Gasteiger charge is 2.54. The van der Waals surface area contributed by atoms with E-state index < -0.39 is 11.1 Å². The number of carbonyl (C=O) groups excluding carboxylic acids is 3. The second-order valence-corrected chi connectivity index (χ2v) is 8.75. The number of likely N-dealkylation sites (tertiary alicyclic amines) is 1. The fourth-order valence-corrected chi connectivity index (χ4v) is 4.14. The summed E-state index contributed by atoms with van der Waals surface area (Å²) in [6.45, 7) is 8.41. The lowest BCUT2D eigenvalue weighted by atomic mass is 9.85. The quantitative estimate of drug-likeness (QED) is 0.757. The van der Waals surface area contributed by atoms with Gasteiger partial charge in [0, 0.05) is 32.8 Å². The van der Waals surface area contributed by atoms with Crippen molar-refractivity contribution < 1.29 is 23.9 Å². The first-order valence-electron chi connectivity index (χ1n) is 9.90. The van der Waals surface area contributed by atoms with E-state index in [1.165, 1.54) is 0 Å². The van der Waals surface area contributed by atoms with Gasteiger partial charge in [0.2, 0.25) is 0 Å². The SMILES string of the molecule is CC(C)(C)OC(=O)N1CCC2(CC1)C(=O)NC(=O)N2CCC1CCOCC1. The minimum atomic E-state index is -0.833. The molecule has 0 aromatic carbocycles. The normalized spacial score (nSPS) is 23.7. The monoisotopic (exact) mass is 381 g/mol. The summed E-state index contributed by atoms with van der Waals surface area (Å²) in [6.07, 6.45) is 3.40. The molecule has 0 saturated carbocycles. The highest BCUT2D eigenvalue weighted by molar-refractivity contribution is 6.07. The number of piperidine rings is 1. The van der Waals surface area contributed by atoms with Crippen molar-refractivity contribution in [2.24, 2.45) is 5.92 Å². The Bertz CT molecular complexity index is 587. The van der Waals surface area contributed by atoms with E-state index in [1.807, 2.05) is 20.8 Å². The lowest BCUT2D eigenvalue weighted by Crippen LogP contribution is -2.58. The van der Waals surface area contributed by atoms with Gasteiger partial charge in [-0.1, -0.05) is 0 Å². The van der Waals surface area contributed by atoms with Gasteiger partial charge in [-0.3, -0.25) is 10.1 Å². The van der Waals surface area contributed by atoms with E-state index in [0.717, 1.165) is 32.5 Å². The molecule has 0 bridgehead atoms. The zero-order valence-corrected chi connectivity index (χ0v) is 16.6. The largest absolute Gasteiger partial charge is 0.444 e. The molecule has 152 valence electrons. The third-order valence-corrected chi connectivity index (χ3v) is 5.75. The van der Waals surface area contributed by atoms with Gasteiger partial charge in [0.25, 0.3) is 5.91 Å². The zero-order chi connectivity index (χ0) is 19.7. The number of imide groups is 1. The Morgan fingerprint density at radius 1 is 1.22 bits per heavy atom. The molecule has 0 aliphatic carbocycles. The molecular formula is C19H31N3O5. The van der Waals surface area contributed by atoms with Gasteiger partial charge in [-0.2, -0.15) is 0 Å². The van der Waals surface area contributed by atoms with Crippen LogP contribution in [0.5, 0.6) is 0 Å². The van der Waals surface area contributed by atoms with Crippen LogP contribution >= 0.6 is 0 Å². The number of carbonyl (C=O) groups is 3. The average Bonchev–Trinajstić information content (AvgIpc) is 2.83. The van der Waals surface area contributed by atoms with Gasteiger partial charge in [-0.05, 0) is 58.8 Å². The Morgan fingerprint density at radius 2 is 1.85 bits per heavy atom. The van der Waals surface area contributed by atoms with Crippen molar-refractivity contribution in [1.29, 1.82) is 0 Å². The van der Waals surface area contributed by atoms with Crippen molar-refractivity contribution >= 4 is 18.0 Å². The van der Waals surface area contributed by atoms with Crippen molar-refractivity contribution in [1.82, 2.24) is 15.1 Å². The lowest BCUT2D eigenvalue weighted by Gasteiger charge is -2.42. The smallest absolute Gasteiger partial charge is 0.410 e. The first-order valence-corrected chi connectivity index (χ1v) is 9.90. The van der Waals surface area contributed by atoms with E-state index in [1.54, 1.807) is 9.80 Å². The van der Waals surface area contributed by atoms with Crippen LogP contribution in [0.25, 0.3) is 0 Å². The van der Waals surface area contributed by atoms with Gasteiger partial charge in [0.1, 0.15) is 11.1 Å². The summed E-state index contributed by atoms with van der Waals surface area (Å²) in [4.78, 5) is 40.6. The van der Waals surface area contributed by atoms with Gasteiger partial charge in [0.05, 0.1) is 0 Å². The maximum atomic E-state index is 12.6. The molecule has 1 spiro atoms. The van der Waals surface area contributed by atoms with E-state index in [9.17, 15) is 14.4 Å². The molecule has 0 atom stereocenters. The number of hydrogen-bond donors (Lipinski definition) is 1. The van der Waals surface area contributed by atoms with Crippen molar-refractivity contribution in [2.45, 2.75) is 64.0 Å². The predicted molar refractivity (Wildman–Crippen MR) is 98.2 cm³/mol. The Kier molecular flexibility index (Phi) is 5.65. The van der Waals surface area contributed by atoms with Gasteiger partial charge >= 0.3 is 12.1 Å². The van der Waals surface area contributed by atoms with Gasteiger partial charge in [0.15, 0.2) is 0 Å². The van der Waals surface area contributed by atoms with E-state index in [2.05, 4.69) is 5.32 Å². The third-order valence-electron chi connectivity index (χ3n) is 5.75. The van der Waals surface area contributed by atoms with Crippen LogP contribution in [0.4, 0.5) is 9.59 Å². The van der Waals surface area contributed by atoms with Gasteiger partial charge in [-0.25, -0.2) is 9.59 Å². The summed E-state index contributed by atoms with van der Waals surface area (Å²) in [7, 11) is 0. The zero-order valence-electron chi connectivity index (χ0n) is 16.6. The molecule has 27 heavy (non-hydrogen) atoms. The highest BCUT2D eigenvalue weighted by atomic mass is 16.6. The van der Waals surface area contributed by atoms with Crippen LogP contribution in [0.2, 0.25) is 0 Å². The molecule has 3 heterocycles. The lowest BCUT2D eigenvalue weighted by molar-refractivity contribution is -0.129. The number of ether oxygens (including phenoxy) is 2. The molecule has 1 N–H and O–H groups in total. The van der Waals surface area contributed by atoms with Gasteiger partial charge in [-0.15, -0.1) is 0 Å². The molecule has 3 aliphatic heterocycles. The van der Waals surface area contributed by atoms with Crippen LogP contribution < -0.4 is 5.32 Å². The third kappa shape index (κ3) is 4.36. The molecule has 3 aliphatic rings. The standard InChI is InChI=1S/C19H31N3O5/c1-18(2,3)27-17(25)21-10-7-19(8-11-21)15(23)20-16(24)22(19)9-4-14-5-12-26-13-6-14/h14H,4-13H2,1-3H3,(H,20,23,24). The second kappa shape index (κ2) is 7.66. The maximum Gasteiger partial charge on any atom is 0.410 e. The van der Waals surface area contributed by atoms with E-state index in [0.29, 0.717) is 38.4 Å². The molecule has 0 aromatic rings. The van der Waals surface area contributed by atoms with Crippen LogP contribution in [-0.4, -0.2) is 71.8 Å². The van der Waals surface area contributed by atoms with Crippen LogP contribution in [0.15, 0.2) is 0 Å². The molecule has 0 unspecified atom stereocenters. The highest BCUT2D eigenvalue weighted by Crippen LogP contribution is 2.34. The number of urea groups is 1. The van der Waals surface area contributed by atoms with Crippen LogP contribution in [0.1, 0.15) is 52.9 Å². The van der Waals surface area contributed by atoms with E-state index in [-0.39, 0.29) is 18.0 Å². The van der Waals surface area contributed by atoms with Crippen LogP contribution in [0, 0.1) is 5.92 Å². The van der Waals surface area contributed by atoms with Crippen molar-refractivity contribution in [3.05, 3.63) is 0 Å². The fraction of sp³-hybridized carbons (Fsp3) is 0.842. The van der Waals surface area contributed by atoms with Crippen molar-refractivity contribution in [3.63, 3.8) is 0 Å². The van der Waals surface area contributed by atoms with E-state index in [4.69, 9.17) is 9.47 Å². The Labute approximate surface area is 160 Å². The molecule has 3 rings (SSSR count). The molecule has 0 aromatic heterocycles. The Balaban J connectivity index is 1.61. The summed E-state index contributed by atoms with van der Waals surface area (Å²) < 4.78 is 10.8. The Morgan fingerprint density at radius 3 is 2.44 bits per heavy atom. The molecule has 8 heteroatoms. The molecule has 4 amide bonds. The number of rotatable bonds is 3. The van der Waals surface area contributed by atoms with Crippen LogP contribution in [-0.2, 0) is 14.3 Å². The molecule has 3 fully saturated rings. The predicted octanol–water partition coefficient (Wildman–Crippen LogP) is 2.12. The number of hydrogen-bond acceptors (Lipinski definition) is 5. The number of nitrogens with one attached hydrogen (secondary N) is 1. The first-order chi connectivity index (χ1) is 12.7. The Hall–Kier alpha value is -1.83. The number of amides is 4.